The molecule has 2 aromatic rings. The topological polar surface area (TPSA) is 58.2 Å². The molecule has 0 aromatic heterocycles. The van der Waals surface area contributed by atoms with Crippen LogP contribution in [0.15, 0.2) is 47.4 Å². The number of benzene rings is 2. The average Bonchev–Trinajstić information content (AvgIpc) is 2.55. The molecule has 24 heavy (non-hydrogen) atoms. The summed E-state index contributed by atoms with van der Waals surface area (Å²) in [7, 11) is 0. The lowest BCUT2D eigenvalue weighted by Gasteiger charge is -2.22. The van der Waals surface area contributed by atoms with E-state index in [9.17, 15) is 9.59 Å². The lowest BCUT2D eigenvalue weighted by Crippen LogP contribution is -2.29. The van der Waals surface area contributed by atoms with Crippen molar-refractivity contribution in [3.05, 3.63) is 59.2 Å². The average molecular weight is 340 g/mol. The zero-order valence-corrected chi connectivity index (χ0v) is 14.7. The Morgan fingerprint density at radius 2 is 2.00 bits per heavy atom. The fourth-order valence-electron chi connectivity index (χ4n) is 2.78. The number of carbonyl (C=O) groups is 2. The summed E-state index contributed by atoms with van der Waals surface area (Å²) in [6.07, 6.45) is 0. The first-order chi connectivity index (χ1) is 11.5. The van der Waals surface area contributed by atoms with Crippen LogP contribution in [-0.4, -0.2) is 17.1 Å². The fraction of sp³-hybridized carbons (Fsp3) is 0.263. The van der Waals surface area contributed by atoms with E-state index in [1.165, 1.54) is 11.8 Å². The van der Waals surface area contributed by atoms with Crippen LogP contribution >= 0.6 is 11.8 Å². The van der Waals surface area contributed by atoms with Crippen molar-refractivity contribution >= 4 is 29.3 Å². The van der Waals surface area contributed by atoms with Crippen molar-refractivity contribution in [3.8, 4) is 0 Å². The standard InChI is InChI=1S/C19H20N2O2S/c1-11-6-4-5-7-15(11)12(2)20-19(23)14-8-9-17-16(10-14)21-18(22)13(3)24-17/h4-10,12-13H,1-3H3,(H,20,23)(H,21,22)/t12-,13+/m1/s1. The van der Waals surface area contributed by atoms with Crippen molar-refractivity contribution in [2.24, 2.45) is 0 Å². The van der Waals surface area contributed by atoms with Crippen molar-refractivity contribution in [1.82, 2.24) is 5.32 Å². The predicted molar refractivity (Wildman–Crippen MR) is 97.5 cm³/mol. The molecule has 2 atom stereocenters. The molecule has 2 aromatic carbocycles. The summed E-state index contributed by atoms with van der Waals surface area (Å²) >= 11 is 1.51. The quantitative estimate of drug-likeness (QED) is 0.890. The number of rotatable bonds is 3. The van der Waals surface area contributed by atoms with Crippen LogP contribution in [0.5, 0.6) is 0 Å². The molecule has 1 aliphatic rings. The maximum absolute atomic E-state index is 12.5. The highest BCUT2D eigenvalue weighted by Gasteiger charge is 2.24. The van der Waals surface area contributed by atoms with Gasteiger partial charge in [0, 0.05) is 10.5 Å². The molecule has 0 unspecified atom stereocenters. The number of aryl methyl sites for hydroxylation is 1. The second kappa shape index (κ2) is 6.69. The van der Waals surface area contributed by atoms with E-state index in [-0.39, 0.29) is 23.1 Å². The second-order valence-electron chi connectivity index (χ2n) is 6.01. The summed E-state index contributed by atoms with van der Waals surface area (Å²) in [6.45, 7) is 5.87. The molecule has 3 rings (SSSR count). The van der Waals surface area contributed by atoms with Gasteiger partial charge in [-0.05, 0) is 50.1 Å². The van der Waals surface area contributed by atoms with Crippen LogP contribution in [0, 0.1) is 6.92 Å². The molecule has 2 amide bonds. The molecule has 0 fully saturated rings. The monoisotopic (exact) mass is 340 g/mol. The third-order valence-electron chi connectivity index (χ3n) is 4.18. The highest BCUT2D eigenvalue weighted by Crippen LogP contribution is 2.36. The maximum atomic E-state index is 12.5. The van der Waals surface area contributed by atoms with Crippen LogP contribution in [-0.2, 0) is 4.79 Å². The highest BCUT2D eigenvalue weighted by atomic mass is 32.2. The van der Waals surface area contributed by atoms with Gasteiger partial charge in [-0.1, -0.05) is 24.3 Å². The first-order valence-electron chi connectivity index (χ1n) is 7.93. The molecule has 0 saturated heterocycles. The molecular weight excluding hydrogens is 320 g/mol. The summed E-state index contributed by atoms with van der Waals surface area (Å²) in [6, 6.07) is 13.4. The van der Waals surface area contributed by atoms with Gasteiger partial charge in [-0.2, -0.15) is 0 Å². The van der Waals surface area contributed by atoms with Gasteiger partial charge in [0.1, 0.15) is 0 Å². The first-order valence-corrected chi connectivity index (χ1v) is 8.81. The van der Waals surface area contributed by atoms with E-state index < -0.39 is 0 Å². The Hall–Kier alpha value is -2.27. The van der Waals surface area contributed by atoms with Crippen LogP contribution in [0.4, 0.5) is 5.69 Å². The minimum Gasteiger partial charge on any atom is -0.346 e. The number of nitrogens with one attached hydrogen (secondary N) is 2. The van der Waals surface area contributed by atoms with Gasteiger partial charge in [-0.25, -0.2) is 0 Å². The van der Waals surface area contributed by atoms with Gasteiger partial charge in [0.05, 0.1) is 17.0 Å². The van der Waals surface area contributed by atoms with E-state index in [4.69, 9.17) is 0 Å². The van der Waals surface area contributed by atoms with Crippen LogP contribution in [0.2, 0.25) is 0 Å². The van der Waals surface area contributed by atoms with Crippen LogP contribution in [0.25, 0.3) is 0 Å². The van der Waals surface area contributed by atoms with Gasteiger partial charge in [0.2, 0.25) is 5.91 Å². The third-order valence-corrected chi connectivity index (χ3v) is 5.35. The van der Waals surface area contributed by atoms with Crippen molar-refractivity contribution in [2.45, 2.75) is 37.0 Å². The number of fused-ring (bicyclic) bond motifs is 1. The first kappa shape index (κ1) is 16.6. The zero-order valence-electron chi connectivity index (χ0n) is 13.9. The summed E-state index contributed by atoms with van der Waals surface area (Å²) in [4.78, 5) is 25.3. The van der Waals surface area contributed by atoms with E-state index in [1.54, 1.807) is 12.1 Å². The Balaban J connectivity index is 1.78. The molecule has 5 heteroatoms. The fourth-order valence-corrected chi connectivity index (χ4v) is 3.71. The highest BCUT2D eigenvalue weighted by molar-refractivity contribution is 8.00. The maximum Gasteiger partial charge on any atom is 0.251 e. The Bertz CT molecular complexity index is 804. The van der Waals surface area contributed by atoms with E-state index in [0.29, 0.717) is 11.3 Å². The van der Waals surface area contributed by atoms with Crippen molar-refractivity contribution in [2.75, 3.05) is 5.32 Å². The molecular formula is C19H20N2O2S. The molecule has 0 aliphatic carbocycles. The van der Waals surface area contributed by atoms with Gasteiger partial charge in [0.25, 0.3) is 5.91 Å². The van der Waals surface area contributed by atoms with E-state index in [1.807, 2.05) is 51.1 Å². The molecule has 2 N–H and O–H groups in total. The minimum absolute atomic E-state index is 0.0293. The van der Waals surface area contributed by atoms with E-state index >= 15 is 0 Å². The Kier molecular flexibility index (Phi) is 4.62. The minimum atomic E-state index is -0.147. The van der Waals surface area contributed by atoms with Crippen LogP contribution < -0.4 is 10.6 Å². The largest absolute Gasteiger partial charge is 0.346 e. The molecule has 0 radical (unpaired) electrons. The zero-order chi connectivity index (χ0) is 17.3. The van der Waals surface area contributed by atoms with Crippen molar-refractivity contribution in [3.63, 3.8) is 0 Å². The van der Waals surface area contributed by atoms with Gasteiger partial charge in [0.15, 0.2) is 0 Å². The number of thioether (sulfide) groups is 1. The molecule has 0 spiro atoms. The molecule has 0 saturated carbocycles. The summed E-state index contributed by atoms with van der Waals surface area (Å²) < 4.78 is 0. The molecule has 1 heterocycles. The normalized spacial score (nSPS) is 17.6. The number of carbonyl (C=O) groups excluding carboxylic acids is 2. The Labute approximate surface area is 146 Å². The molecule has 0 bridgehead atoms. The number of amides is 2. The van der Waals surface area contributed by atoms with E-state index in [0.717, 1.165) is 16.0 Å². The Morgan fingerprint density at radius 1 is 1.25 bits per heavy atom. The van der Waals surface area contributed by atoms with Crippen LogP contribution in [0.1, 0.15) is 41.4 Å². The van der Waals surface area contributed by atoms with Crippen LogP contribution in [0.3, 0.4) is 0 Å². The summed E-state index contributed by atoms with van der Waals surface area (Å²) in [5, 5.41) is 5.77. The second-order valence-corrected chi connectivity index (χ2v) is 7.39. The smallest absolute Gasteiger partial charge is 0.251 e. The summed E-state index contributed by atoms with van der Waals surface area (Å²) in [5.41, 5.74) is 3.50. The number of anilines is 1. The van der Waals surface area contributed by atoms with Gasteiger partial charge < -0.3 is 10.6 Å². The van der Waals surface area contributed by atoms with Gasteiger partial charge in [-0.15, -0.1) is 11.8 Å². The lowest BCUT2D eigenvalue weighted by molar-refractivity contribution is -0.115. The Morgan fingerprint density at radius 3 is 2.75 bits per heavy atom. The molecule has 124 valence electrons. The van der Waals surface area contributed by atoms with Crippen molar-refractivity contribution < 1.29 is 9.59 Å². The number of hydrogen-bond donors (Lipinski definition) is 2. The molecule has 1 aliphatic heterocycles. The SMILES string of the molecule is Cc1ccccc1[C@@H](C)NC(=O)c1ccc2c(c1)NC(=O)[C@H](C)S2. The van der Waals surface area contributed by atoms with E-state index in [2.05, 4.69) is 10.6 Å². The van der Waals surface area contributed by atoms with Crippen molar-refractivity contribution in [1.29, 1.82) is 0 Å². The predicted octanol–water partition coefficient (Wildman–Crippen LogP) is 3.92. The lowest BCUT2D eigenvalue weighted by atomic mass is 10.0. The van der Waals surface area contributed by atoms with Gasteiger partial charge >= 0.3 is 0 Å². The van der Waals surface area contributed by atoms with Gasteiger partial charge in [-0.3, -0.25) is 9.59 Å². The molecule has 4 nitrogen and oxygen atoms in total. The summed E-state index contributed by atoms with van der Waals surface area (Å²) in [5.74, 6) is -0.176. The number of hydrogen-bond acceptors (Lipinski definition) is 3. The third kappa shape index (κ3) is 3.31.